The minimum absolute atomic E-state index is 0.0273. The lowest BCUT2D eigenvalue weighted by atomic mass is 10.1. The van der Waals surface area contributed by atoms with Crippen molar-refractivity contribution in [1.29, 1.82) is 0 Å². The first kappa shape index (κ1) is 22.7. The van der Waals surface area contributed by atoms with Crippen molar-refractivity contribution in [2.45, 2.75) is 30.8 Å². The van der Waals surface area contributed by atoms with Gasteiger partial charge >= 0.3 is 0 Å². The van der Waals surface area contributed by atoms with E-state index in [0.717, 1.165) is 0 Å². The van der Waals surface area contributed by atoms with Crippen molar-refractivity contribution in [2.75, 3.05) is 12.0 Å². The molecule has 2 aromatic carbocycles. The second-order valence-electron chi connectivity index (χ2n) is 6.21. The van der Waals surface area contributed by atoms with Crippen LogP contribution in [0.15, 0.2) is 47.4 Å². The van der Waals surface area contributed by atoms with Crippen LogP contribution in [0.4, 0.5) is 4.39 Å². The number of amides is 1. The summed E-state index contributed by atoms with van der Waals surface area (Å²) in [6.07, 6.45) is 2.19. The molecule has 2 N–H and O–H groups in total. The Morgan fingerprint density at radius 3 is 2.50 bits per heavy atom. The fourth-order valence-electron chi connectivity index (χ4n) is 2.41. The molecule has 152 valence electrons. The maximum atomic E-state index is 13.7. The van der Waals surface area contributed by atoms with Crippen molar-refractivity contribution in [1.82, 2.24) is 10.0 Å². The van der Waals surface area contributed by atoms with Crippen LogP contribution in [0.5, 0.6) is 0 Å². The third-order valence-electron chi connectivity index (χ3n) is 4.05. The lowest BCUT2D eigenvalue weighted by Crippen LogP contribution is -2.46. The molecule has 0 saturated heterocycles. The third kappa shape index (κ3) is 6.48. The summed E-state index contributed by atoms with van der Waals surface area (Å²) in [6, 6.07) is 9.46. The number of rotatable bonds is 9. The van der Waals surface area contributed by atoms with E-state index in [-0.39, 0.29) is 17.3 Å². The van der Waals surface area contributed by atoms with Gasteiger partial charge in [-0.1, -0.05) is 23.7 Å². The Kier molecular flexibility index (Phi) is 8.30. The predicted molar refractivity (Wildman–Crippen MR) is 112 cm³/mol. The molecule has 0 fully saturated rings. The van der Waals surface area contributed by atoms with Crippen molar-refractivity contribution in [3.05, 3.63) is 64.4 Å². The Balaban J connectivity index is 2.09. The second kappa shape index (κ2) is 10.2. The maximum Gasteiger partial charge on any atom is 0.241 e. The van der Waals surface area contributed by atoms with Gasteiger partial charge in [0.15, 0.2) is 0 Å². The lowest BCUT2D eigenvalue weighted by Gasteiger charge is -2.18. The molecule has 9 heteroatoms. The largest absolute Gasteiger partial charge is 0.351 e. The summed E-state index contributed by atoms with van der Waals surface area (Å²) in [5.74, 6) is -0.220. The molecule has 28 heavy (non-hydrogen) atoms. The number of nitrogens with one attached hydrogen (secondary N) is 2. The van der Waals surface area contributed by atoms with E-state index in [4.69, 9.17) is 11.6 Å². The summed E-state index contributed by atoms with van der Waals surface area (Å²) in [4.78, 5) is 12.6. The number of sulfonamides is 1. The van der Waals surface area contributed by atoms with E-state index in [1.807, 2.05) is 6.26 Å². The first-order valence-corrected chi connectivity index (χ1v) is 11.8. The van der Waals surface area contributed by atoms with Gasteiger partial charge in [0.25, 0.3) is 0 Å². The van der Waals surface area contributed by atoms with Gasteiger partial charge in [0.05, 0.1) is 4.90 Å². The van der Waals surface area contributed by atoms with Crippen LogP contribution >= 0.6 is 23.4 Å². The maximum absolute atomic E-state index is 13.7. The average molecular weight is 445 g/mol. The number of aryl methyl sites for hydroxylation is 1. The number of hydrogen-bond acceptors (Lipinski definition) is 4. The first-order chi connectivity index (χ1) is 13.2. The number of hydrogen-bond donors (Lipinski definition) is 2. The summed E-state index contributed by atoms with van der Waals surface area (Å²) in [5.41, 5.74) is 1.12. The van der Waals surface area contributed by atoms with Crippen molar-refractivity contribution in [3.63, 3.8) is 0 Å². The fourth-order valence-corrected chi connectivity index (χ4v) is 4.23. The Hall–Kier alpha value is -1.61. The molecular weight excluding hydrogens is 423 g/mol. The highest BCUT2D eigenvalue weighted by atomic mass is 35.5. The normalized spacial score (nSPS) is 12.6. The second-order valence-corrected chi connectivity index (χ2v) is 9.35. The Labute approximate surface area is 174 Å². The Morgan fingerprint density at radius 1 is 1.21 bits per heavy atom. The molecular formula is C19H22ClFN2O3S2. The highest BCUT2D eigenvalue weighted by Crippen LogP contribution is 2.15. The van der Waals surface area contributed by atoms with Crippen LogP contribution < -0.4 is 10.0 Å². The molecule has 0 heterocycles. The van der Waals surface area contributed by atoms with E-state index in [2.05, 4.69) is 10.0 Å². The quantitative estimate of drug-likeness (QED) is 0.620. The van der Waals surface area contributed by atoms with E-state index in [1.54, 1.807) is 19.1 Å². The Morgan fingerprint density at radius 2 is 1.89 bits per heavy atom. The summed E-state index contributed by atoms with van der Waals surface area (Å²) < 4.78 is 41.3. The minimum atomic E-state index is -3.89. The summed E-state index contributed by atoms with van der Waals surface area (Å²) in [7, 11) is -3.89. The monoisotopic (exact) mass is 444 g/mol. The van der Waals surface area contributed by atoms with Gasteiger partial charge in [-0.2, -0.15) is 16.5 Å². The van der Waals surface area contributed by atoms with Crippen molar-refractivity contribution in [3.8, 4) is 0 Å². The summed E-state index contributed by atoms with van der Waals surface area (Å²) in [5, 5.41) is 3.09. The number of carbonyl (C=O) groups excluding carboxylic acids is 1. The summed E-state index contributed by atoms with van der Waals surface area (Å²) >= 11 is 7.31. The van der Waals surface area contributed by atoms with Crippen LogP contribution in [0.1, 0.15) is 17.5 Å². The number of halogens is 2. The van der Waals surface area contributed by atoms with E-state index in [1.165, 1.54) is 42.1 Å². The molecule has 0 aliphatic carbocycles. The van der Waals surface area contributed by atoms with E-state index >= 15 is 0 Å². The molecule has 2 rings (SSSR count). The van der Waals surface area contributed by atoms with Crippen LogP contribution in [0.25, 0.3) is 0 Å². The van der Waals surface area contributed by atoms with Gasteiger partial charge in [-0.15, -0.1) is 0 Å². The van der Waals surface area contributed by atoms with Gasteiger partial charge in [0, 0.05) is 11.6 Å². The number of thioether (sulfide) groups is 1. The molecule has 0 spiro atoms. The first-order valence-electron chi connectivity index (χ1n) is 8.52. The van der Waals surface area contributed by atoms with Crippen LogP contribution in [0.2, 0.25) is 5.02 Å². The van der Waals surface area contributed by atoms with Gasteiger partial charge in [0.1, 0.15) is 11.9 Å². The predicted octanol–water partition coefficient (Wildman–Crippen LogP) is 3.50. The molecule has 0 bridgehead atoms. The highest BCUT2D eigenvalue weighted by Gasteiger charge is 2.25. The van der Waals surface area contributed by atoms with Gasteiger partial charge < -0.3 is 5.32 Å². The van der Waals surface area contributed by atoms with Gasteiger partial charge in [0.2, 0.25) is 15.9 Å². The SMILES string of the molecule is CSCCC(NS(=O)(=O)c1ccc(Cl)cc1)C(=O)NCc1ccc(C)c(F)c1. The fraction of sp³-hybridized carbons (Fsp3) is 0.316. The zero-order valence-corrected chi connectivity index (χ0v) is 17.9. The van der Waals surface area contributed by atoms with Gasteiger partial charge in [-0.3, -0.25) is 4.79 Å². The molecule has 0 aliphatic rings. The molecule has 0 aliphatic heterocycles. The van der Waals surface area contributed by atoms with Crippen LogP contribution in [-0.4, -0.2) is 32.4 Å². The Bertz CT molecular complexity index is 921. The van der Waals surface area contributed by atoms with E-state index in [0.29, 0.717) is 28.3 Å². The summed E-state index contributed by atoms with van der Waals surface area (Å²) in [6.45, 7) is 1.76. The highest BCUT2D eigenvalue weighted by molar-refractivity contribution is 7.98. The molecule has 2 aromatic rings. The smallest absolute Gasteiger partial charge is 0.241 e. The van der Waals surface area contributed by atoms with Crippen LogP contribution in [0, 0.1) is 12.7 Å². The molecule has 0 radical (unpaired) electrons. The topological polar surface area (TPSA) is 75.3 Å². The zero-order chi connectivity index (χ0) is 20.7. The molecule has 5 nitrogen and oxygen atoms in total. The number of benzene rings is 2. The molecule has 0 aromatic heterocycles. The van der Waals surface area contributed by atoms with E-state index in [9.17, 15) is 17.6 Å². The molecule has 1 amide bonds. The van der Waals surface area contributed by atoms with Crippen LogP contribution in [0.3, 0.4) is 0 Å². The molecule has 1 atom stereocenters. The standard InChI is InChI=1S/C19H22ClFN2O3S2/c1-13-3-4-14(11-17(13)21)12-22-19(24)18(9-10-27-2)23-28(25,26)16-7-5-15(20)6-8-16/h3-8,11,18,23H,9-10,12H2,1-2H3,(H,22,24). The third-order valence-corrected chi connectivity index (χ3v) is 6.43. The molecule has 1 unspecified atom stereocenters. The minimum Gasteiger partial charge on any atom is -0.351 e. The van der Waals surface area contributed by atoms with E-state index < -0.39 is 22.0 Å². The van der Waals surface area contributed by atoms with Crippen molar-refractivity contribution < 1.29 is 17.6 Å². The average Bonchev–Trinajstić information content (AvgIpc) is 2.66. The van der Waals surface area contributed by atoms with Crippen LogP contribution in [-0.2, 0) is 21.4 Å². The van der Waals surface area contributed by atoms with Gasteiger partial charge in [-0.05, 0) is 66.8 Å². The lowest BCUT2D eigenvalue weighted by molar-refractivity contribution is -0.122. The zero-order valence-electron chi connectivity index (χ0n) is 15.5. The van der Waals surface area contributed by atoms with Crippen molar-refractivity contribution >= 4 is 39.3 Å². The van der Waals surface area contributed by atoms with Crippen molar-refractivity contribution in [2.24, 2.45) is 0 Å². The number of carbonyl (C=O) groups is 1. The molecule has 0 saturated carbocycles. The van der Waals surface area contributed by atoms with Gasteiger partial charge in [-0.25, -0.2) is 12.8 Å².